The van der Waals surface area contributed by atoms with E-state index in [1.807, 2.05) is 30.3 Å². The highest BCUT2D eigenvalue weighted by molar-refractivity contribution is 5.85. The van der Waals surface area contributed by atoms with E-state index in [-0.39, 0.29) is 25.6 Å². The summed E-state index contributed by atoms with van der Waals surface area (Å²) in [5.74, 6) is 0. The van der Waals surface area contributed by atoms with Crippen molar-refractivity contribution in [3.05, 3.63) is 35.9 Å². The first-order valence-corrected chi connectivity index (χ1v) is 7.06. The van der Waals surface area contributed by atoms with Crippen molar-refractivity contribution >= 4 is 18.5 Å². The molecule has 3 N–H and O–H groups in total. The quantitative estimate of drug-likeness (QED) is 0.793. The van der Waals surface area contributed by atoms with E-state index in [4.69, 9.17) is 4.74 Å². The summed E-state index contributed by atoms with van der Waals surface area (Å²) in [4.78, 5) is 11.6. The smallest absolute Gasteiger partial charge is 0.407 e. The number of alkyl carbamates (subject to hydrolysis) is 1. The molecule has 1 amide bonds. The van der Waals surface area contributed by atoms with E-state index in [2.05, 4.69) is 10.6 Å². The Hall–Kier alpha value is -1.30. The van der Waals surface area contributed by atoms with Crippen molar-refractivity contribution in [3.63, 3.8) is 0 Å². The minimum absolute atomic E-state index is 0. The van der Waals surface area contributed by atoms with Crippen molar-refractivity contribution in [1.82, 2.24) is 10.6 Å². The predicted octanol–water partition coefficient (Wildman–Crippen LogP) is 1.84. The summed E-state index contributed by atoms with van der Waals surface area (Å²) in [6, 6.07) is 9.51. The molecule has 2 rings (SSSR count). The maximum atomic E-state index is 11.6. The minimum Gasteiger partial charge on any atom is -0.445 e. The molecule has 1 atom stereocenters. The first kappa shape index (κ1) is 17.8. The molecule has 1 aliphatic rings. The zero-order valence-electron chi connectivity index (χ0n) is 12.0. The normalized spacial score (nSPS) is 21.8. The van der Waals surface area contributed by atoms with Gasteiger partial charge in [0, 0.05) is 6.54 Å². The van der Waals surface area contributed by atoms with Gasteiger partial charge in [-0.25, -0.2) is 4.79 Å². The van der Waals surface area contributed by atoms with Crippen LogP contribution >= 0.6 is 12.4 Å². The number of halogens is 1. The summed E-state index contributed by atoms with van der Waals surface area (Å²) >= 11 is 0. The molecule has 1 aromatic rings. The molecular formula is C15H23ClN2O3. The molecule has 1 fully saturated rings. The molecule has 5 nitrogen and oxygen atoms in total. The average molecular weight is 315 g/mol. The zero-order valence-corrected chi connectivity index (χ0v) is 12.8. The van der Waals surface area contributed by atoms with Crippen LogP contribution < -0.4 is 10.6 Å². The molecule has 0 radical (unpaired) electrons. The molecule has 0 bridgehead atoms. The summed E-state index contributed by atoms with van der Waals surface area (Å²) in [5, 5.41) is 16.2. The minimum atomic E-state index is -0.873. The van der Waals surface area contributed by atoms with Crippen molar-refractivity contribution in [1.29, 1.82) is 0 Å². The number of β-amino-alcohol motifs (C(OH)–C–C–N with tert-alkyl or cyclic N) is 1. The van der Waals surface area contributed by atoms with E-state index >= 15 is 0 Å². The Morgan fingerprint density at radius 3 is 2.86 bits per heavy atom. The topological polar surface area (TPSA) is 70.6 Å². The van der Waals surface area contributed by atoms with E-state index in [9.17, 15) is 9.90 Å². The third kappa shape index (κ3) is 6.33. The number of hydrogen-bond donors (Lipinski definition) is 3. The number of carbonyl (C=O) groups is 1. The van der Waals surface area contributed by atoms with Gasteiger partial charge < -0.3 is 20.5 Å². The van der Waals surface area contributed by atoms with Gasteiger partial charge in [0.15, 0.2) is 0 Å². The summed E-state index contributed by atoms with van der Waals surface area (Å²) in [6.07, 6.45) is 2.22. The fraction of sp³-hybridized carbons (Fsp3) is 0.533. The van der Waals surface area contributed by atoms with Gasteiger partial charge >= 0.3 is 6.09 Å². The summed E-state index contributed by atoms with van der Waals surface area (Å²) in [7, 11) is 0. The van der Waals surface area contributed by atoms with Gasteiger partial charge in [0.25, 0.3) is 0 Å². The largest absolute Gasteiger partial charge is 0.445 e. The zero-order chi connectivity index (χ0) is 14.3. The molecule has 1 saturated heterocycles. The third-order valence-corrected chi connectivity index (χ3v) is 3.47. The van der Waals surface area contributed by atoms with Crippen LogP contribution in [0.25, 0.3) is 0 Å². The van der Waals surface area contributed by atoms with Crippen LogP contribution in [0, 0.1) is 0 Å². The van der Waals surface area contributed by atoms with E-state index in [0.29, 0.717) is 13.0 Å². The maximum absolute atomic E-state index is 11.6. The number of rotatable bonds is 4. The Morgan fingerprint density at radius 1 is 1.33 bits per heavy atom. The van der Waals surface area contributed by atoms with Crippen LogP contribution in [0.5, 0.6) is 0 Å². The lowest BCUT2D eigenvalue weighted by atomic mass is 9.98. The van der Waals surface area contributed by atoms with Gasteiger partial charge in [-0.3, -0.25) is 0 Å². The SMILES string of the molecule is Cl.O=C(NCC1(O)CCCCNC1)OCc1ccccc1. The molecule has 0 spiro atoms. The van der Waals surface area contributed by atoms with Crippen LogP contribution in [-0.4, -0.2) is 36.4 Å². The number of hydrogen-bond acceptors (Lipinski definition) is 4. The molecular weight excluding hydrogens is 292 g/mol. The maximum Gasteiger partial charge on any atom is 0.407 e. The van der Waals surface area contributed by atoms with Crippen molar-refractivity contribution in [2.24, 2.45) is 0 Å². The Labute approximate surface area is 131 Å². The average Bonchev–Trinajstić information content (AvgIpc) is 2.69. The summed E-state index contributed by atoms with van der Waals surface area (Å²) in [5.41, 5.74) is 0.0694. The van der Waals surface area contributed by atoms with Crippen molar-refractivity contribution in [2.45, 2.75) is 31.5 Å². The monoisotopic (exact) mass is 314 g/mol. The molecule has 0 saturated carbocycles. The van der Waals surface area contributed by atoms with Crippen LogP contribution in [0.3, 0.4) is 0 Å². The molecule has 21 heavy (non-hydrogen) atoms. The highest BCUT2D eigenvalue weighted by Crippen LogP contribution is 2.15. The van der Waals surface area contributed by atoms with Gasteiger partial charge in [-0.05, 0) is 31.4 Å². The second-order valence-electron chi connectivity index (χ2n) is 5.27. The molecule has 118 valence electrons. The number of amides is 1. The van der Waals surface area contributed by atoms with Crippen molar-refractivity contribution in [3.8, 4) is 0 Å². The standard InChI is InChI=1S/C15H22N2O3.ClH/c18-14(20-10-13-6-2-1-3-7-13)17-12-15(19)8-4-5-9-16-11-15;/h1-3,6-7,16,19H,4-5,8-12H2,(H,17,18);1H. The third-order valence-electron chi connectivity index (χ3n) is 3.47. The molecule has 6 heteroatoms. The van der Waals surface area contributed by atoms with Crippen LogP contribution in [-0.2, 0) is 11.3 Å². The molecule has 1 aliphatic heterocycles. The molecule has 0 aliphatic carbocycles. The van der Waals surface area contributed by atoms with Crippen LogP contribution in [0.15, 0.2) is 30.3 Å². The molecule has 1 unspecified atom stereocenters. The first-order valence-electron chi connectivity index (χ1n) is 7.06. The van der Waals surface area contributed by atoms with Crippen molar-refractivity contribution in [2.75, 3.05) is 19.6 Å². The van der Waals surface area contributed by atoms with E-state index in [1.165, 1.54) is 0 Å². The van der Waals surface area contributed by atoms with Crippen LogP contribution in [0.1, 0.15) is 24.8 Å². The highest BCUT2D eigenvalue weighted by atomic mass is 35.5. The van der Waals surface area contributed by atoms with Gasteiger partial charge in [0.2, 0.25) is 0 Å². The fourth-order valence-electron chi connectivity index (χ4n) is 2.28. The second kappa shape index (κ2) is 8.87. The number of aliphatic hydroxyl groups is 1. The molecule has 1 aromatic carbocycles. The summed E-state index contributed by atoms with van der Waals surface area (Å²) < 4.78 is 5.11. The van der Waals surface area contributed by atoms with E-state index in [0.717, 1.165) is 24.9 Å². The Kier molecular flexibility index (Phi) is 7.50. The summed E-state index contributed by atoms with van der Waals surface area (Å²) in [6.45, 7) is 1.88. The van der Waals surface area contributed by atoms with Gasteiger partial charge in [0.05, 0.1) is 12.1 Å². The fourth-order valence-corrected chi connectivity index (χ4v) is 2.28. The van der Waals surface area contributed by atoms with E-state index < -0.39 is 11.7 Å². The number of ether oxygens (including phenoxy) is 1. The number of benzene rings is 1. The van der Waals surface area contributed by atoms with E-state index in [1.54, 1.807) is 0 Å². The number of nitrogens with one attached hydrogen (secondary N) is 2. The van der Waals surface area contributed by atoms with Crippen LogP contribution in [0.4, 0.5) is 4.79 Å². The second-order valence-corrected chi connectivity index (χ2v) is 5.27. The Morgan fingerprint density at radius 2 is 2.10 bits per heavy atom. The predicted molar refractivity (Wildman–Crippen MR) is 83.5 cm³/mol. The lowest BCUT2D eigenvalue weighted by Gasteiger charge is -2.26. The van der Waals surface area contributed by atoms with Crippen molar-refractivity contribution < 1.29 is 14.6 Å². The number of carbonyl (C=O) groups excluding carboxylic acids is 1. The lowest BCUT2D eigenvalue weighted by molar-refractivity contribution is 0.0343. The van der Waals surface area contributed by atoms with Gasteiger partial charge in [-0.2, -0.15) is 0 Å². The Bertz CT molecular complexity index is 420. The lowest BCUT2D eigenvalue weighted by Crippen LogP contribution is -2.48. The highest BCUT2D eigenvalue weighted by Gasteiger charge is 2.28. The van der Waals surface area contributed by atoms with Gasteiger partial charge in [0.1, 0.15) is 6.61 Å². The molecule has 0 aromatic heterocycles. The van der Waals surface area contributed by atoms with Gasteiger partial charge in [-0.15, -0.1) is 12.4 Å². The van der Waals surface area contributed by atoms with Crippen LogP contribution in [0.2, 0.25) is 0 Å². The first-order chi connectivity index (χ1) is 9.68. The van der Waals surface area contributed by atoms with Gasteiger partial charge in [-0.1, -0.05) is 30.3 Å². The molecule has 1 heterocycles. The Balaban J connectivity index is 0.00000220.